The first-order chi connectivity index (χ1) is 14.4. The van der Waals surface area contributed by atoms with Crippen molar-refractivity contribution in [2.24, 2.45) is 0 Å². The van der Waals surface area contributed by atoms with Crippen molar-refractivity contribution in [2.45, 2.75) is 141 Å². The van der Waals surface area contributed by atoms with Gasteiger partial charge in [-0.25, -0.2) is 0 Å². The van der Waals surface area contributed by atoms with Crippen molar-refractivity contribution < 1.29 is 22.5 Å². The minimum atomic E-state index is -4.41. The van der Waals surface area contributed by atoms with Crippen LogP contribution in [-0.4, -0.2) is 30.8 Å². The van der Waals surface area contributed by atoms with Crippen LogP contribution >= 0.6 is 0 Å². The molecule has 0 saturated carbocycles. The van der Waals surface area contributed by atoms with Crippen LogP contribution in [0.4, 0.5) is 0 Å². The van der Waals surface area contributed by atoms with Gasteiger partial charge in [0.1, 0.15) is 0 Å². The summed E-state index contributed by atoms with van der Waals surface area (Å²) in [6.07, 6.45) is 20.6. The van der Waals surface area contributed by atoms with E-state index in [0.29, 0.717) is 6.42 Å². The summed E-state index contributed by atoms with van der Waals surface area (Å²) in [4.78, 5) is 12.1. The summed E-state index contributed by atoms with van der Waals surface area (Å²) in [5, 5.41) is -1.43. The zero-order valence-corrected chi connectivity index (χ0v) is 20.5. The molecule has 1 unspecified atom stereocenters. The fourth-order valence-corrected chi connectivity index (χ4v) is 4.48. The van der Waals surface area contributed by atoms with Gasteiger partial charge in [0.2, 0.25) is 0 Å². The van der Waals surface area contributed by atoms with E-state index in [9.17, 15) is 17.8 Å². The van der Waals surface area contributed by atoms with Crippen LogP contribution in [0.3, 0.4) is 0 Å². The smallest absolute Gasteiger partial charge is 0.326 e. The molecular weight excluding hydrogens is 400 g/mol. The van der Waals surface area contributed by atoms with Gasteiger partial charge in [-0.15, -0.1) is 0 Å². The van der Waals surface area contributed by atoms with E-state index in [1.54, 1.807) is 0 Å². The highest BCUT2D eigenvalue weighted by atomic mass is 32.2. The molecule has 0 aromatic carbocycles. The summed E-state index contributed by atoms with van der Waals surface area (Å²) in [6.45, 7) is 4.65. The first-order valence-corrected chi connectivity index (χ1v) is 14.1. The molecule has 0 aliphatic rings. The summed E-state index contributed by atoms with van der Waals surface area (Å²) in [5.41, 5.74) is 0. The van der Waals surface area contributed by atoms with Gasteiger partial charge in [0.25, 0.3) is 10.1 Å². The topological polar surface area (TPSA) is 80.7 Å². The average molecular weight is 449 g/mol. The highest BCUT2D eigenvalue weighted by Gasteiger charge is 2.31. The molecule has 0 amide bonds. The largest absolute Gasteiger partial charge is 0.465 e. The molecule has 30 heavy (non-hydrogen) atoms. The lowest BCUT2D eigenvalue weighted by Gasteiger charge is -2.13. The maximum Gasteiger partial charge on any atom is 0.326 e. The molecule has 0 radical (unpaired) electrons. The van der Waals surface area contributed by atoms with E-state index in [1.165, 1.54) is 70.6 Å². The van der Waals surface area contributed by atoms with Gasteiger partial charge in [-0.3, -0.25) is 9.35 Å². The molecule has 180 valence electrons. The molecule has 0 fully saturated rings. The molecule has 0 saturated heterocycles. The van der Waals surface area contributed by atoms with Crippen LogP contribution in [0.1, 0.15) is 136 Å². The van der Waals surface area contributed by atoms with Gasteiger partial charge in [0.15, 0.2) is 5.25 Å². The zero-order valence-electron chi connectivity index (χ0n) is 19.7. The minimum Gasteiger partial charge on any atom is -0.465 e. The van der Waals surface area contributed by atoms with Crippen LogP contribution < -0.4 is 0 Å². The number of hydrogen-bond donors (Lipinski definition) is 1. The quantitative estimate of drug-likeness (QED) is 0.107. The Morgan fingerprint density at radius 1 is 0.667 bits per heavy atom. The van der Waals surface area contributed by atoms with E-state index in [-0.39, 0.29) is 13.0 Å². The van der Waals surface area contributed by atoms with E-state index in [1.807, 2.05) is 0 Å². The van der Waals surface area contributed by atoms with Crippen LogP contribution in [0.2, 0.25) is 0 Å². The zero-order chi connectivity index (χ0) is 22.5. The predicted octanol–water partition coefficient (Wildman–Crippen LogP) is 7.24. The Bertz CT molecular complexity index is 490. The van der Waals surface area contributed by atoms with Gasteiger partial charge in [-0.2, -0.15) is 8.42 Å². The molecular formula is C24H48O5S. The molecule has 1 N–H and O–H groups in total. The Labute approximate surface area is 186 Å². The second kappa shape index (κ2) is 20.3. The number of rotatable bonds is 22. The Kier molecular flexibility index (Phi) is 19.9. The van der Waals surface area contributed by atoms with Gasteiger partial charge >= 0.3 is 5.97 Å². The van der Waals surface area contributed by atoms with Crippen molar-refractivity contribution in [1.82, 2.24) is 0 Å². The Hall–Kier alpha value is -0.620. The summed E-state index contributed by atoms with van der Waals surface area (Å²) in [7, 11) is -4.41. The second-order valence-corrected chi connectivity index (χ2v) is 10.2. The van der Waals surface area contributed by atoms with Crippen LogP contribution in [-0.2, 0) is 19.6 Å². The lowest BCUT2D eigenvalue weighted by molar-refractivity contribution is -0.143. The molecule has 0 aliphatic carbocycles. The maximum absolute atomic E-state index is 12.1. The molecule has 0 aromatic rings. The monoisotopic (exact) mass is 448 g/mol. The fourth-order valence-electron chi connectivity index (χ4n) is 3.71. The van der Waals surface area contributed by atoms with E-state index in [2.05, 4.69) is 13.8 Å². The van der Waals surface area contributed by atoms with Gasteiger partial charge in [0.05, 0.1) is 6.61 Å². The highest BCUT2D eigenvalue weighted by Crippen LogP contribution is 2.16. The number of hydrogen-bond acceptors (Lipinski definition) is 4. The molecule has 0 spiro atoms. The molecule has 6 heteroatoms. The summed E-state index contributed by atoms with van der Waals surface area (Å²) in [5.74, 6) is -0.795. The number of unbranched alkanes of at least 4 members (excludes halogenated alkanes) is 16. The first-order valence-electron chi connectivity index (χ1n) is 12.6. The van der Waals surface area contributed by atoms with Crippen LogP contribution in [0.25, 0.3) is 0 Å². The van der Waals surface area contributed by atoms with Crippen LogP contribution in [0.15, 0.2) is 0 Å². The second-order valence-electron chi connectivity index (χ2n) is 8.62. The van der Waals surface area contributed by atoms with E-state index >= 15 is 0 Å². The number of carbonyl (C=O) groups is 1. The third kappa shape index (κ3) is 18.2. The number of esters is 1. The van der Waals surface area contributed by atoms with Gasteiger partial charge < -0.3 is 4.74 Å². The van der Waals surface area contributed by atoms with Crippen molar-refractivity contribution in [3.05, 3.63) is 0 Å². The van der Waals surface area contributed by atoms with Crippen molar-refractivity contribution >= 4 is 16.1 Å². The summed E-state index contributed by atoms with van der Waals surface area (Å²) >= 11 is 0. The number of carbonyl (C=O) groups excluding carboxylic acids is 1. The molecule has 0 rings (SSSR count). The van der Waals surface area contributed by atoms with Gasteiger partial charge in [-0.1, -0.05) is 123 Å². The van der Waals surface area contributed by atoms with Crippen molar-refractivity contribution in [3.8, 4) is 0 Å². The van der Waals surface area contributed by atoms with Crippen LogP contribution in [0.5, 0.6) is 0 Å². The average Bonchev–Trinajstić information content (AvgIpc) is 2.69. The molecule has 0 bridgehead atoms. The lowest BCUT2D eigenvalue weighted by Crippen LogP contribution is -2.32. The van der Waals surface area contributed by atoms with E-state index in [4.69, 9.17) is 4.74 Å². The third-order valence-electron chi connectivity index (χ3n) is 5.68. The number of ether oxygens (including phenoxy) is 1. The predicted molar refractivity (Wildman–Crippen MR) is 125 cm³/mol. The Morgan fingerprint density at radius 3 is 1.43 bits per heavy atom. The van der Waals surface area contributed by atoms with Crippen LogP contribution in [0, 0.1) is 0 Å². The normalized spacial score (nSPS) is 12.8. The molecule has 0 aromatic heterocycles. The Balaban J connectivity index is 3.85. The minimum absolute atomic E-state index is 0.144. The van der Waals surface area contributed by atoms with Crippen molar-refractivity contribution in [3.63, 3.8) is 0 Å². The van der Waals surface area contributed by atoms with Crippen molar-refractivity contribution in [2.75, 3.05) is 6.61 Å². The SMILES string of the molecule is CCCCCCCCCCCCC(C(=O)OCCCCCCCCCC)S(=O)(=O)O. The lowest BCUT2D eigenvalue weighted by atomic mass is 10.1. The molecule has 5 nitrogen and oxygen atoms in total. The first kappa shape index (κ1) is 29.4. The molecule has 1 atom stereocenters. The molecule has 0 heterocycles. The van der Waals surface area contributed by atoms with E-state index in [0.717, 1.165) is 38.5 Å². The van der Waals surface area contributed by atoms with E-state index < -0.39 is 21.3 Å². The van der Waals surface area contributed by atoms with Crippen molar-refractivity contribution in [1.29, 1.82) is 0 Å². The fraction of sp³-hybridized carbons (Fsp3) is 0.958. The Morgan fingerprint density at radius 2 is 1.03 bits per heavy atom. The van der Waals surface area contributed by atoms with Gasteiger partial charge in [-0.05, 0) is 12.8 Å². The van der Waals surface area contributed by atoms with Gasteiger partial charge in [0, 0.05) is 0 Å². The third-order valence-corrected chi connectivity index (χ3v) is 6.83. The summed E-state index contributed by atoms with van der Waals surface area (Å²) in [6, 6.07) is 0. The highest BCUT2D eigenvalue weighted by molar-refractivity contribution is 7.87. The molecule has 0 aliphatic heterocycles. The maximum atomic E-state index is 12.1. The standard InChI is InChI=1S/C24H48O5S/c1-3-5-7-9-11-13-14-15-17-19-21-23(30(26,27)28)24(25)29-22-20-18-16-12-10-8-6-4-2/h23H,3-22H2,1-2H3,(H,26,27,28). The summed E-state index contributed by atoms with van der Waals surface area (Å²) < 4.78 is 37.7.